The molecule has 2 aromatic carbocycles. The summed E-state index contributed by atoms with van der Waals surface area (Å²) in [5.41, 5.74) is 4.31. The number of nitrogens with one attached hydrogen (secondary N) is 3. The largest absolute Gasteiger partial charge is 0.455 e. The first kappa shape index (κ1) is 41.8. The Bertz CT molecular complexity index is 2560. The molecule has 5 heterocycles. The smallest absolute Gasteiger partial charge is 0.312 e. The topological polar surface area (TPSA) is 176 Å². The number of likely N-dealkylation sites (tertiary alicyclic amines) is 1. The van der Waals surface area contributed by atoms with E-state index in [0.717, 1.165) is 81.5 Å². The van der Waals surface area contributed by atoms with E-state index in [2.05, 4.69) is 72.9 Å². The number of aromatic amines is 1. The molecule has 1 atom stereocenters. The molecule has 2 aliphatic heterocycles. The highest BCUT2D eigenvalue weighted by atomic mass is 32.2. The first-order chi connectivity index (χ1) is 29.9. The number of H-pyrrole nitrogens is 1. The van der Waals surface area contributed by atoms with Crippen molar-refractivity contribution in [3.05, 3.63) is 106 Å². The van der Waals surface area contributed by atoms with Crippen LogP contribution < -0.4 is 19.7 Å². The van der Waals surface area contributed by atoms with Crippen LogP contribution in [0.5, 0.6) is 11.5 Å². The third kappa shape index (κ3) is 8.61. The molecule has 326 valence electrons. The highest BCUT2D eigenvalue weighted by Crippen LogP contribution is 2.54. The van der Waals surface area contributed by atoms with Gasteiger partial charge in [0.25, 0.3) is 15.9 Å². The molecule has 3 N–H and O–H groups in total. The Morgan fingerprint density at radius 2 is 1.76 bits per heavy atom. The van der Waals surface area contributed by atoms with E-state index in [1.165, 1.54) is 43.2 Å². The van der Waals surface area contributed by atoms with Crippen molar-refractivity contribution in [1.82, 2.24) is 24.6 Å². The number of anilines is 2. The van der Waals surface area contributed by atoms with Crippen molar-refractivity contribution in [3.8, 4) is 11.5 Å². The molecule has 4 aliphatic rings. The summed E-state index contributed by atoms with van der Waals surface area (Å²) in [5.74, 6) is 0.441. The van der Waals surface area contributed by atoms with Gasteiger partial charge in [0.1, 0.15) is 22.0 Å². The van der Waals surface area contributed by atoms with Gasteiger partial charge >= 0.3 is 5.69 Å². The minimum atomic E-state index is -4.58. The zero-order valence-electron chi connectivity index (χ0n) is 35.5. The molecule has 0 bridgehead atoms. The van der Waals surface area contributed by atoms with Crippen LogP contribution >= 0.6 is 0 Å². The van der Waals surface area contributed by atoms with Crippen molar-refractivity contribution < 1.29 is 22.9 Å². The number of rotatable bonds is 13. The van der Waals surface area contributed by atoms with E-state index >= 15 is 0 Å². The normalized spacial score (nSPS) is 19.8. The van der Waals surface area contributed by atoms with Crippen molar-refractivity contribution in [2.45, 2.75) is 107 Å². The zero-order valence-corrected chi connectivity index (χ0v) is 36.3. The number of fused-ring (bicyclic) bond motifs is 1. The summed E-state index contributed by atoms with van der Waals surface area (Å²) in [6, 6.07) is 19.8. The van der Waals surface area contributed by atoms with E-state index in [1.54, 1.807) is 30.6 Å². The number of pyridine rings is 2. The molecule has 1 spiro atoms. The van der Waals surface area contributed by atoms with Gasteiger partial charge in [0.15, 0.2) is 0 Å². The molecule has 0 radical (unpaired) electrons. The zero-order chi connectivity index (χ0) is 43.0. The second-order valence-corrected chi connectivity index (χ2v) is 19.9. The van der Waals surface area contributed by atoms with Crippen LogP contribution in [0.1, 0.15) is 118 Å². The summed E-state index contributed by atoms with van der Waals surface area (Å²) in [7, 11) is -4.58. The first-order valence-corrected chi connectivity index (χ1v) is 23.7. The number of amides is 1. The van der Waals surface area contributed by atoms with Crippen molar-refractivity contribution in [2.75, 3.05) is 36.4 Å². The van der Waals surface area contributed by atoms with Crippen LogP contribution in [0.15, 0.2) is 84.1 Å². The predicted molar refractivity (Wildman–Crippen MR) is 239 cm³/mol. The van der Waals surface area contributed by atoms with E-state index in [1.807, 2.05) is 12.1 Å². The van der Waals surface area contributed by atoms with Gasteiger partial charge in [-0.05, 0) is 111 Å². The third-order valence-corrected chi connectivity index (χ3v) is 15.2. The molecule has 2 saturated carbocycles. The summed E-state index contributed by atoms with van der Waals surface area (Å²) in [6.45, 7) is 7.94. The summed E-state index contributed by atoms with van der Waals surface area (Å²) in [6.07, 6.45) is 16.8. The average molecular weight is 861 g/mol. The van der Waals surface area contributed by atoms with Crippen LogP contribution in [0, 0.1) is 21.4 Å². The molecule has 0 unspecified atom stereocenters. The van der Waals surface area contributed by atoms with Crippen molar-refractivity contribution in [2.24, 2.45) is 11.3 Å². The van der Waals surface area contributed by atoms with Crippen LogP contribution in [0.25, 0.3) is 11.0 Å². The van der Waals surface area contributed by atoms with Crippen molar-refractivity contribution in [1.29, 1.82) is 0 Å². The molecule has 9 rings (SSSR count). The Morgan fingerprint density at radius 3 is 2.53 bits per heavy atom. The summed E-state index contributed by atoms with van der Waals surface area (Å²) in [4.78, 5) is 41.6. The van der Waals surface area contributed by atoms with Crippen molar-refractivity contribution in [3.63, 3.8) is 0 Å². The lowest BCUT2D eigenvalue weighted by atomic mass is 9.59. The SMILES string of the molecule is CC(C)c1ccccc1[C@H]1CCCN1C1CC2(CCN(c3ccc(C(=O)NS(=O)(=O)c4cnc(NCC5CCCCC5)c([N+](=O)[O-])c4)c(Oc4cnc5[nH]ccc5c4)c3)CC2)C1. The van der Waals surface area contributed by atoms with E-state index in [4.69, 9.17) is 4.74 Å². The summed E-state index contributed by atoms with van der Waals surface area (Å²) >= 11 is 0. The van der Waals surface area contributed by atoms with Gasteiger partial charge in [-0.25, -0.2) is 23.1 Å². The Kier molecular flexibility index (Phi) is 11.7. The van der Waals surface area contributed by atoms with E-state index in [9.17, 15) is 23.3 Å². The molecule has 1 amide bonds. The number of ether oxygens (including phenoxy) is 1. The minimum absolute atomic E-state index is 0.00521. The number of carbonyl (C=O) groups is 1. The quantitative estimate of drug-likeness (QED) is 0.0760. The number of sulfonamides is 1. The molecule has 4 fully saturated rings. The van der Waals surface area contributed by atoms with Crippen LogP contribution in [0.2, 0.25) is 0 Å². The molecule has 2 aliphatic carbocycles. The van der Waals surface area contributed by atoms with Gasteiger partial charge in [0.05, 0.1) is 22.9 Å². The Labute approximate surface area is 363 Å². The highest BCUT2D eigenvalue weighted by molar-refractivity contribution is 7.90. The molecular formula is C47H56N8O6S. The Balaban J connectivity index is 0.903. The lowest BCUT2D eigenvalue weighted by Crippen LogP contribution is -2.54. The number of carbonyl (C=O) groups excluding carboxylic acids is 1. The molecule has 62 heavy (non-hydrogen) atoms. The lowest BCUT2D eigenvalue weighted by Gasteiger charge is -2.56. The maximum atomic E-state index is 13.9. The van der Waals surface area contributed by atoms with Crippen LogP contribution in [0.3, 0.4) is 0 Å². The van der Waals surface area contributed by atoms with Gasteiger partial charge in [-0.15, -0.1) is 0 Å². The molecule has 5 aromatic rings. The minimum Gasteiger partial charge on any atom is -0.455 e. The average Bonchev–Trinajstić information content (AvgIpc) is 3.95. The fourth-order valence-corrected chi connectivity index (χ4v) is 11.5. The van der Waals surface area contributed by atoms with E-state index in [-0.39, 0.29) is 17.1 Å². The first-order valence-electron chi connectivity index (χ1n) is 22.3. The van der Waals surface area contributed by atoms with Crippen LogP contribution in [-0.2, 0) is 10.0 Å². The third-order valence-electron chi connectivity index (χ3n) is 13.9. The lowest BCUT2D eigenvalue weighted by molar-refractivity contribution is -0.384. The van der Waals surface area contributed by atoms with E-state index in [0.29, 0.717) is 47.3 Å². The molecule has 15 heteroatoms. The van der Waals surface area contributed by atoms with Gasteiger partial charge in [-0.2, -0.15) is 0 Å². The number of aromatic nitrogens is 3. The fraction of sp³-hybridized carbons (Fsp3) is 0.468. The van der Waals surface area contributed by atoms with Gasteiger partial charge in [-0.3, -0.25) is 19.8 Å². The predicted octanol–water partition coefficient (Wildman–Crippen LogP) is 9.48. The Morgan fingerprint density at radius 1 is 0.968 bits per heavy atom. The maximum absolute atomic E-state index is 13.9. The van der Waals surface area contributed by atoms with E-state index < -0.39 is 31.4 Å². The fourth-order valence-electron chi connectivity index (χ4n) is 10.5. The van der Waals surface area contributed by atoms with Crippen molar-refractivity contribution >= 4 is 44.2 Å². The molecule has 2 saturated heterocycles. The standard InChI is InChI=1S/C47H56N8O6S/c1-31(2)38-11-6-7-12-39(38)41-13-8-20-54(41)35-26-47(27-35)17-21-53(22-18-47)34-14-15-40(43(24-34)61-36-23-33-16-19-48-44(33)50-29-36)46(56)52-62(59,60)37-25-42(55(57)58)45(51-30-37)49-28-32-9-4-3-5-10-32/h6-7,11-12,14-16,19,23-25,29-32,35,41H,3-5,8-10,13,17-18,20-22,26-28H2,1-2H3,(H,48,50)(H,49,51)(H,52,56)/t41-/m1/s1. The number of nitro groups is 1. The molecule has 14 nitrogen and oxygen atoms in total. The number of nitrogens with zero attached hydrogens (tertiary/aromatic N) is 5. The van der Waals surface area contributed by atoms with Crippen LogP contribution in [-0.4, -0.2) is 71.3 Å². The second-order valence-electron chi connectivity index (χ2n) is 18.2. The van der Waals surface area contributed by atoms with Gasteiger partial charge in [0.2, 0.25) is 5.82 Å². The number of piperidine rings is 1. The van der Waals surface area contributed by atoms with Gasteiger partial charge < -0.3 is 19.9 Å². The number of benzene rings is 2. The summed E-state index contributed by atoms with van der Waals surface area (Å²) in [5, 5.41) is 15.9. The highest BCUT2D eigenvalue weighted by Gasteiger charge is 2.50. The van der Waals surface area contributed by atoms with Gasteiger partial charge in [0, 0.05) is 61.1 Å². The molecular weight excluding hydrogens is 805 g/mol. The second kappa shape index (κ2) is 17.3. The van der Waals surface area contributed by atoms with Crippen LogP contribution in [0.4, 0.5) is 17.2 Å². The Hall–Kier alpha value is -5.54. The number of hydrogen-bond acceptors (Lipinski definition) is 11. The summed E-state index contributed by atoms with van der Waals surface area (Å²) < 4.78 is 35.8. The monoisotopic (exact) mass is 860 g/mol. The maximum Gasteiger partial charge on any atom is 0.312 e. The number of hydrogen-bond donors (Lipinski definition) is 3. The van der Waals surface area contributed by atoms with Gasteiger partial charge in [-0.1, -0.05) is 57.4 Å². The molecule has 3 aromatic heterocycles.